The summed E-state index contributed by atoms with van der Waals surface area (Å²) in [5.74, 6) is -0.650. The molecule has 4 bridgehead atoms. The number of aromatic carboxylic acids is 1. The van der Waals surface area contributed by atoms with Gasteiger partial charge in [0.2, 0.25) is 5.88 Å². The fourth-order valence-corrected chi connectivity index (χ4v) is 4.33. The van der Waals surface area contributed by atoms with Gasteiger partial charge in [0.15, 0.2) is 5.65 Å². The Labute approximate surface area is 183 Å². The van der Waals surface area contributed by atoms with E-state index >= 15 is 0 Å². The van der Waals surface area contributed by atoms with Crippen LogP contribution in [0.3, 0.4) is 0 Å². The summed E-state index contributed by atoms with van der Waals surface area (Å²) in [6.07, 6.45) is 3.53. The Bertz CT molecular complexity index is 1220. The van der Waals surface area contributed by atoms with Gasteiger partial charge in [-0.15, -0.1) is 0 Å². The van der Waals surface area contributed by atoms with E-state index in [0.29, 0.717) is 54.5 Å². The molecule has 1 fully saturated rings. The van der Waals surface area contributed by atoms with E-state index in [0.717, 1.165) is 5.56 Å². The first-order valence-electron chi connectivity index (χ1n) is 10.4. The van der Waals surface area contributed by atoms with Crippen molar-refractivity contribution < 1.29 is 24.2 Å². The van der Waals surface area contributed by atoms with E-state index in [1.807, 2.05) is 19.2 Å². The number of aryl methyl sites for hydroxylation is 1. The zero-order valence-corrected chi connectivity index (χ0v) is 17.7. The van der Waals surface area contributed by atoms with E-state index in [1.54, 1.807) is 27.7 Å². The summed E-state index contributed by atoms with van der Waals surface area (Å²) in [5.41, 5.74) is 3.54. The predicted molar refractivity (Wildman–Crippen MR) is 115 cm³/mol. The van der Waals surface area contributed by atoms with E-state index in [-0.39, 0.29) is 17.5 Å². The molecule has 4 heterocycles. The van der Waals surface area contributed by atoms with Crippen molar-refractivity contribution in [3.63, 3.8) is 0 Å². The number of nitrogens with zero attached hydrogens (tertiary/aromatic N) is 4. The van der Waals surface area contributed by atoms with Crippen LogP contribution in [0.4, 0.5) is 5.69 Å². The number of carbonyl (C=O) groups excluding carboxylic acids is 1. The number of hydrogen-bond acceptors (Lipinski definition) is 7. The van der Waals surface area contributed by atoms with Crippen LogP contribution in [0, 0.1) is 6.92 Å². The highest BCUT2D eigenvalue weighted by molar-refractivity contribution is 5.92. The molecule has 0 spiro atoms. The lowest BCUT2D eigenvalue weighted by atomic mass is 10.0. The van der Waals surface area contributed by atoms with Crippen LogP contribution in [0.5, 0.6) is 5.88 Å². The molecule has 2 aliphatic rings. The molecule has 10 heteroatoms. The van der Waals surface area contributed by atoms with Crippen LogP contribution in [0.1, 0.15) is 22.3 Å². The summed E-state index contributed by atoms with van der Waals surface area (Å²) in [5, 5.41) is 17.2. The topological polar surface area (TPSA) is 118 Å². The van der Waals surface area contributed by atoms with Gasteiger partial charge in [-0.25, -0.2) is 9.31 Å². The number of hydrogen-bond donors (Lipinski definition) is 2. The van der Waals surface area contributed by atoms with Crippen molar-refractivity contribution in [1.82, 2.24) is 19.5 Å². The molecule has 2 aromatic heterocycles. The number of rotatable bonds is 2. The first kappa shape index (κ1) is 20.3. The van der Waals surface area contributed by atoms with E-state index in [9.17, 15) is 14.7 Å². The van der Waals surface area contributed by atoms with E-state index in [1.165, 1.54) is 7.11 Å². The minimum absolute atomic E-state index is 0.0758. The molecule has 2 N–H and O–H groups in total. The van der Waals surface area contributed by atoms with Gasteiger partial charge in [0, 0.05) is 49.6 Å². The number of aromatic nitrogens is 3. The summed E-state index contributed by atoms with van der Waals surface area (Å²) >= 11 is 0. The van der Waals surface area contributed by atoms with Gasteiger partial charge < -0.3 is 24.8 Å². The second-order valence-electron chi connectivity index (χ2n) is 8.04. The predicted octanol–water partition coefficient (Wildman–Crippen LogP) is 1.82. The Balaban J connectivity index is 1.63. The number of carbonyl (C=O) groups is 2. The van der Waals surface area contributed by atoms with Gasteiger partial charge in [0.05, 0.1) is 17.8 Å². The van der Waals surface area contributed by atoms with Crippen molar-refractivity contribution in [2.45, 2.75) is 25.5 Å². The lowest BCUT2D eigenvalue weighted by molar-refractivity contribution is -0.136. The molecule has 1 saturated heterocycles. The highest BCUT2D eigenvalue weighted by Crippen LogP contribution is 2.30. The van der Waals surface area contributed by atoms with Gasteiger partial charge in [0.1, 0.15) is 12.7 Å². The van der Waals surface area contributed by atoms with Gasteiger partial charge in [-0.05, 0) is 30.7 Å². The SMILES string of the molecule is CO[C@@H]1C[C@H]2COc3nc4c(cnn4cc3C)-c3cc(cc(C(=O)O)c3)NCCN2C1=O. The molecule has 10 nitrogen and oxygen atoms in total. The summed E-state index contributed by atoms with van der Waals surface area (Å²) in [6, 6.07) is 4.89. The van der Waals surface area contributed by atoms with Crippen LogP contribution in [-0.2, 0) is 9.53 Å². The molecule has 0 unspecified atom stereocenters. The van der Waals surface area contributed by atoms with Crippen molar-refractivity contribution in [2.24, 2.45) is 0 Å². The molecule has 5 rings (SSSR count). The number of nitrogens with one attached hydrogen (secondary N) is 1. The maximum atomic E-state index is 12.8. The zero-order chi connectivity index (χ0) is 22.4. The van der Waals surface area contributed by atoms with Gasteiger partial charge in [-0.2, -0.15) is 10.1 Å². The summed E-state index contributed by atoms with van der Waals surface area (Å²) < 4.78 is 13.1. The van der Waals surface area contributed by atoms with Gasteiger partial charge >= 0.3 is 5.97 Å². The standard InChI is InChI=1S/C22H23N5O5/c1-12-10-27-19-17(9-24-27)13-5-14(22(29)30)7-15(6-13)23-3-4-26-16(11-32-20(12)25-19)8-18(31-2)21(26)28/h5-7,9-10,16,18,23H,3-4,8,11H2,1-2H3,(H,29,30)/t16-,18+/m0/s1. The fraction of sp³-hybridized carbons (Fsp3) is 0.364. The van der Waals surface area contributed by atoms with Crippen molar-refractivity contribution in [3.05, 3.63) is 41.7 Å². The van der Waals surface area contributed by atoms with Crippen LogP contribution in [-0.4, -0.2) is 75.4 Å². The Morgan fingerprint density at radius 2 is 2.19 bits per heavy atom. The van der Waals surface area contributed by atoms with E-state index in [2.05, 4.69) is 15.4 Å². The molecule has 3 aromatic rings. The minimum Gasteiger partial charge on any atom is -0.478 e. The quantitative estimate of drug-likeness (QED) is 0.623. The Hall–Kier alpha value is -3.66. The average molecular weight is 437 g/mol. The maximum absolute atomic E-state index is 12.8. The Morgan fingerprint density at radius 1 is 1.34 bits per heavy atom. The molecule has 1 aromatic carbocycles. The number of methoxy groups -OCH3 is 1. The molecule has 166 valence electrons. The normalized spacial score (nSPS) is 20.6. The molecule has 0 saturated carbocycles. The lowest BCUT2D eigenvalue weighted by Crippen LogP contribution is -2.41. The fourth-order valence-electron chi connectivity index (χ4n) is 4.33. The summed E-state index contributed by atoms with van der Waals surface area (Å²) in [7, 11) is 1.53. The number of fused-ring (bicyclic) bond motifs is 5. The van der Waals surface area contributed by atoms with Gasteiger partial charge in [-0.1, -0.05) is 0 Å². The van der Waals surface area contributed by atoms with Crippen LogP contribution in [0.25, 0.3) is 16.8 Å². The molecule has 0 radical (unpaired) electrons. The third-order valence-electron chi connectivity index (χ3n) is 5.99. The third-order valence-corrected chi connectivity index (χ3v) is 5.99. The molecular weight excluding hydrogens is 414 g/mol. The highest BCUT2D eigenvalue weighted by Gasteiger charge is 2.40. The van der Waals surface area contributed by atoms with E-state index < -0.39 is 12.1 Å². The maximum Gasteiger partial charge on any atom is 0.335 e. The van der Waals surface area contributed by atoms with Crippen LogP contribution in [0.2, 0.25) is 0 Å². The second-order valence-corrected chi connectivity index (χ2v) is 8.04. The molecular formula is C22H23N5O5. The first-order valence-corrected chi connectivity index (χ1v) is 10.4. The average Bonchev–Trinajstić information content (AvgIpc) is 3.31. The molecule has 1 amide bonds. The lowest BCUT2D eigenvalue weighted by Gasteiger charge is -2.25. The van der Waals surface area contributed by atoms with Gasteiger partial charge in [0.25, 0.3) is 5.91 Å². The minimum atomic E-state index is -1.03. The zero-order valence-electron chi connectivity index (χ0n) is 17.7. The molecule has 2 aliphatic heterocycles. The van der Waals surface area contributed by atoms with E-state index in [4.69, 9.17) is 9.47 Å². The monoisotopic (exact) mass is 437 g/mol. The number of ether oxygens (including phenoxy) is 2. The molecule has 2 atom stereocenters. The van der Waals surface area contributed by atoms with Crippen molar-refractivity contribution >= 4 is 23.2 Å². The smallest absolute Gasteiger partial charge is 0.335 e. The van der Waals surface area contributed by atoms with Crippen LogP contribution in [0.15, 0.2) is 30.6 Å². The number of benzene rings is 1. The number of amides is 1. The number of carboxylic acid groups (broad SMARTS) is 1. The van der Waals surface area contributed by atoms with Gasteiger partial charge in [-0.3, -0.25) is 4.79 Å². The molecule has 32 heavy (non-hydrogen) atoms. The number of anilines is 1. The second kappa shape index (κ2) is 7.79. The summed E-state index contributed by atoms with van der Waals surface area (Å²) in [4.78, 5) is 30.9. The highest BCUT2D eigenvalue weighted by atomic mass is 16.5. The van der Waals surface area contributed by atoms with Crippen LogP contribution < -0.4 is 10.1 Å². The molecule has 0 aliphatic carbocycles. The largest absolute Gasteiger partial charge is 0.478 e. The Morgan fingerprint density at radius 3 is 2.97 bits per heavy atom. The summed E-state index contributed by atoms with van der Waals surface area (Å²) in [6.45, 7) is 3.07. The Kier molecular flexibility index (Phi) is 4.93. The number of carboxylic acids is 1. The third kappa shape index (κ3) is 3.42. The first-order chi connectivity index (χ1) is 15.4. The van der Waals surface area contributed by atoms with Crippen molar-refractivity contribution in [1.29, 1.82) is 0 Å². The van der Waals surface area contributed by atoms with Crippen LogP contribution >= 0.6 is 0 Å². The van der Waals surface area contributed by atoms with Crippen molar-refractivity contribution in [3.8, 4) is 17.0 Å². The van der Waals surface area contributed by atoms with Crippen molar-refractivity contribution in [2.75, 3.05) is 32.1 Å².